The van der Waals surface area contributed by atoms with E-state index in [1.54, 1.807) is 6.92 Å². The second-order valence-corrected chi connectivity index (χ2v) is 4.41. The zero-order valence-corrected chi connectivity index (χ0v) is 11.2. The number of hydrogen-bond donors (Lipinski definition) is 1. The van der Waals surface area contributed by atoms with Crippen LogP contribution in [0.4, 0.5) is 14.6 Å². The van der Waals surface area contributed by atoms with E-state index in [1.807, 2.05) is 13.0 Å². The van der Waals surface area contributed by atoms with Gasteiger partial charge in [0.05, 0.1) is 0 Å². The lowest BCUT2D eigenvalue weighted by Crippen LogP contribution is -2.05. The van der Waals surface area contributed by atoms with Crippen LogP contribution in [0.1, 0.15) is 23.7 Å². The van der Waals surface area contributed by atoms with Crippen LogP contribution in [-0.4, -0.2) is 4.98 Å². The fourth-order valence-corrected chi connectivity index (χ4v) is 2.23. The highest BCUT2D eigenvalue weighted by Crippen LogP contribution is 2.33. The molecule has 2 aromatic rings. The minimum Gasteiger partial charge on any atom is -0.383 e. The van der Waals surface area contributed by atoms with Crippen molar-refractivity contribution in [2.75, 3.05) is 5.73 Å². The van der Waals surface area contributed by atoms with Crippen molar-refractivity contribution in [3.8, 4) is 17.2 Å². The van der Waals surface area contributed by atoms with Crippen LogP contribution in [0.3, 0.4) is 0 Å². The first-order valence-corrected chi connectivity index (χ1v) is 6.14. The third kappa shape index (κ3) is 2.21. The maximum Gasteiger partial charge on any atom is 0.142 e. The summed E-state index contributed by atoms with van der Waals surface area (Å²) >= 11 is 0. The molecule has 0 radical (unpaired) electrons. The number of anilines is 1. The molecule has 0 unspecified atom stereocenters. The van der Waals surface area contributed by atoms with Crippen LogP contribution in [-0.2, 0) is 6.42 Å². The van der Waals surface area contributed by atoms with E-state index < -0.39 is 11.6 Å². The second kappa shape index (κ2) is 5.25. The lowest BCUT2D eigenvalue weighted by Gasteiger charge is -2.14. The molecule has 1 aromatic heterocycles. The molecule has 0 fully saturated rings. The number of aromatic nitrogens is 1. The summed E-state index contributed by atoms with van der Waals surface area (Å²) in [5.74, 6) is -1.33. The van der Waals surface area contributed by atoms with Gasteiger partial charge >= 0.3 is 0 Å². The molecule has 0 aliphatic heterocycles. The number of nitrogen functional groups attached to an aromatic ring is 1. The van der Waals surface area contributed by atoms with Gasteiger partial charge in [-0.1, -0.05) is 6.92 Å². The highest BCUT2D eigenvalue weighted by atomic mass is 19.1. The summed E-state index contributed by atoms with van der Waals surface area (Å²) in [5, 5.41) is 9.23. The highest BCUT2D eigenvalue weighted by molar-refractivity contribution is 5.79. The van der Waals surface area contributed by atoms with Crippen LogP contribution < -0.4 is 5.73 Å². The fourth-order valence-electron chi connectivity index (χ4n) is 2.23. The normalized spacial score (nSPS) is 10.3. The molecule has 5 heteroatoms. The molecule has 102 valence electrons. The Morgan fingerprint density at radius 2 is 2.05 bits per heavy atom. The number of nitriles is 1. The van der Waals surface area contributed by atoms with E-state index in [2.05, 4.69) is 4.98 Å². The molecule has 0 aliphatic rings. The second-order valence-electron chi connectivity index (χ2n) is 4.41. The Bertz CT molecular complexity index is 717. The number of benzene rings is 1. The van der Waals surface area contributed by atoms with Crippen LogP contribution in [0, 0.1) is 29.9 Å². The van der Waals surface area contributed by atoms with E-state index in [9.17, 15) is 14.0 Å². The van der Waals surface area contributed by atoms with Gasteiger partial charge < -0.3 is 5.73 Å². The third-order valence-corrected chi connectivity index (χ3v) is 3.22. The van der Waals surface area contributed by atoms with Gasteiger partial charge in [0.2, 0.25) is 0 Å². The van der Waals surface area contributed by atoms with Gasteiger partial charge in [0.25, 0.3) is 0 Å². The Kier molecular flexibility index (Phi) is 3.66. The van der Waals surface area contributed by atoms with Gasteiger partial charge in [-0.15, -0.1) is 0 Å². The maximum absolute atomic E-state index is 14.0. The predicted octanol–water partition coefficient (Wildman–Crippen LogP) is 3.35. The Morgan fingerprint density at radius 1 is 1.35 bits per heavy atom. The molecule has 20 heavy (non-hydrogen) atoms. The molecule has 0 atom stereocenters. The molecular formula is C15H13F2N3. The molecule has 0 spiro atoms. The molecule has 1 heterocycles. The number of pyridine rings is 1. The van der Waals surface area contributed by atoms with Crippen molar-refractivity contribution >= 4 is 5.82 Å². The van der Waals surface area contributed by atoms with Crippen molar-refractivity contribution in [3.05, 3.63) is 46.7 Å². The van der Waals surface area contributed by atoms with Crippen molar-refractivity contribution < 1.29 is 8.78 Å². The van der Waals surface area contributed by atoms with Crippen molar-refractivity contribution in [1.82, 2.24) is 4.98 Å². The molecule has 3 nitrogen and oxygen atoms in total. The Balaban J connectivity index is 2.85. The molecule has 0 aliphatic carbocycles. The first-order chi connectivity index (χ1) is 9.49. The van der Waals surface area contributed by atoms with E-state index in [0.717, 1.165) is 12.1 Å². The summed E-state index contributed by atoms with van der Waals surface area (Å²) in [5.41, 5.74) is 7.80. The molecule has 0 bridgehead atoms. The Morgan fingerprint density at radius 3 is 2.60 bits per heavy atom. The largest absolute Gasteiger partial charge is 0.383 e. The zero-order valence-electron chi connectivity index (χ0n) is 11.2. The van der Waals surface area contributed by atoms with E-state index in [4.69, 9.17) is 5.73 Å². The Labute approximate surface area is 115 Å². The summed E-state index contributed by atoms with van der Waals surface area (Å²) in [7, 11) is 0. The highest BCUT2D eigenvalue weighted by Gasteiger charge is 2.19. The molecule has 0 amide bonds. The summed E-state index contributed by atoms with van der Waals surface area (Å²) in [6.07, 6.45) is 0.609. The molecule has 1 aromatic carbocycles. The van der Waals surface area contributed by atoms with Crippen molar-refractivity contribution in [2.24, 2.45) is 0 Å². The van der Waals surface area contributed by atoms with Crippen LogP contribution >= 0.6 is 0 Å². The Hall–Kier alpha value is -2.48. The van der Waals surface area contributed by atoms with Gasteiger partial charge in [-0.25, -0.2) is 13.8 Å². The van der Waals surface area contributed by atoms with E-state index in [-0.39, 0.29) is 16.9 Å². The molecule has 2 rings (SSSR count). The van der Waals surface area contributed by atoms with Gasteiger partial charge in [0.1, 0.15) is 29.1 Å². The van der Waals surface area contributed by atoms with Crippen LogP contribution in [0.5, 0.6) is 0 Å². The summed E-state index contributed by atoms with van der Waals surface area (Å²) in [6.45, 7) is 3.65. The summed E-state index contributed by atoms with van der Waals surface area (Å²) in [4.78, 5) is 4.15. The van der Waals surface area contributed by atoms with Gasteiger partial charge in [-0.3, -0.25) is 0 Å². The summed E-state index contributed by atoms with van der Waals surface area (Å²) in [6, 6.07) is 5.20. The molecule has 0 saturated heterocycles. The van der Waals surface area contributed by atoms with E-state index in [1.165, 1.54) is 6.07 Å². The molecule has 0 saturated carbocycles. The zero-order chi connectivity index (χ0) is 14.9. The monoisotopic (exact) mass is 273 g/mol. The van der Waals surface area contributed by atoms with E-state index in [0.29, 0.717) is 23.2 Å². The maximum atomic E-state index is 14.0. The van der Waals surface area contributed by atoms with Gasteiger partial charge in [0.15, 0.2) is 0 Å². The number of aryl methyl sites for hydroxylation is 1. The quantitative estimate of drug-likeness (QED) is 0.912. The van der Waals surface area contributed by atoms with Gasteiger partial charge in [-0.2, -0.15) is 5.26 Å². The first kappa shape index (κ1) is 13.9. The van der Waals surface area contributed by atoms with E-state index >= 15 is 0 Å². The number of hydrogen-bond acceptors (Lipinski definition) is 3. The van der Waals surface area contributed by atoms with Crippen molar-refractivity contribution in [2.45, 2.75) is 20.3 Å². The third-order valence-electron chi connectivity index (χ3n) is 3.22. The van der Waals surface area contributed by atoms with Crippen LogP contribution in [0.15, 0.2) is 18.2 Å². The average molecular weight is 273 g/mol. The molecular weight excluding hydrogens is 260 g/mol. The smallest absolute Gasteiger partial charge is 0.142 e. The number of nitrogens with two attached hydrogens (primary N) is 1. The van der Waals surface area contributed by atoms with Gasteiger partial charge in [0, 0.05) is 22.9 Å². The van der Waals surface area contributed by atoms with Gasteiger partial charge in [-0.05, 0) is 31.0 Å². The number of nitrogens with zero attached hydrogens (tertiary/aromatic N) is 2. The fraction of sp³-hybridized carbons (Fsp3) is 0.200. The van der Waals surface area contributed by atoms with Crippen molar-refractivity contribution in [1.29, 1.82) is 5.26 Å². The SMILES string of the molecule is CCc1nc(N)c(C#N)c(-c2ccc(F)cc2F)c1C. The van der Waals surface area contributed by atoms with Crippen LogP contribution in [0.25, 0.3) is 11.1 Å². The minimum absolute atomic E-state index is 0.0636. The number of halogens is 2. The summed E-state index contributed by atoms with van der Waals surface area (Å²) < 4.78 is 27.0. The standard InChI is InChI=1S/C15H13F2N3/c1-3-13-8(2)14(11(7-18)15(19)20-13)10-5-4-9(16)6-12(10)17/h4-6H,3H2,1-2H3,(H2,19,20). The minimum atomic E-state index is -0.725. The lowest BCUT2D eigenvalue weighted by molar-refractivity contribution is 0.585. The number of rotatable bonds is 2. The average Bonchev–Trinajstić information content (AvgIpc) is 2.41. The predicted molar refractivity (Wildman–Crippen MR) is 72.8 cm³/mol. The van der Waals surface area contributed by atoms with Crippen LogP contribution in [0.2, 0.25) is 0 Å². The topological polar surface area (TPSA) is 62.7 Å². The lowest BCUT2D eigenvalue weighted by atomic mass is 9.94. The molecule has 2 N–H and O–H groups in total. The van der Waals surface area contributed by atoms with Crippen molar-refractivity contribution in [3.63, 3.8) is 0 Å². The first-order valence-electron chi connectivity index (χ1n) is 6.14.